The van der Waals surface area contributed by atoms with Gasteiger partial charge in [0, 0.05) is 62.0 Å². The number of pyridine rings is 1. The molecule has 0 amide bonds. The van der Waals surface area contributed by atoms with E-state index in [0.29, 0.717) is 44.3 Å². The second-order valence-corrected chi connectivity index (χ2v) is 23.3. The van der Waals surface area contributed by atoms with Gasteiger partial charge in [0.2, 0.25) is 5.43 Å². The van der Waals surface area contributed by atoms with E-state index in [4.69, 9.17) is 33.2 Å². The highest BCUT2D eigenvalue weighted by atomic mass is 16.7. The first-order valence-corrected chi connectivity index (χ1v) is 27.5. The molecule has 0 saturated carbocycles. The summed E-state index contributed by atoms with van der Waals surface area (Å²) in [5.41, 5.74) is -2.93. The summed E-state index contributed by atoms with van der Waals surface area (Å²) in [4.78, 5) is 54.9. The number of oxime groups is 1. The van der Waals surface area contributed by atoms with Crippen molar-refractivity contribution in [3.05, 3.63) is 45.2 Å². The van der Waals surface area contributed by atoms with Gasteiger partial charge >= 0.3 is 17.9 Å². The van der Waals surface area contributed by atoms with Crippen LogP contribution in [0, 0.1) is 23.7 Å². The maximum absolute atomic E-state index is 14.5. The Hall–Kier alpha value is -4.13. The predicted octanol–water partition coefficient (Wildman–Crippen LogP) is 4.17. The van der Waals surface area contributed by atoms with Gasteiger partial charge in [0.1, 0.15) is 29.0 Å². The number of carboxylic acids is 1. The van der Waals surface area contributed by atoms with Crippen molar-refractivity contribution in [3.63, 3.8) is 0 Å². The summed E-state index contributed by atoms with van der Waals surface area (Å²) in [6.07, 6.45) is -5.90. The van der Waals surface area contributed by atoms with E-state index in [2.05, 4.69) is 16.5 Å². The molecule has 21 nitrogen and oxygen atoms in total. The average Bonchev–Trinajstić information content (AvgIpc) is 3.40. The molecule has 1 aromatic carbocycles. The monoisotopic (exact) mass is 1090 g/mol. The fraction of sp³-hybridized carbons (Fsp3) is 0.768. The lowest BCUT2D eigenvalue weighted by Gasteiger charge is -2.49. The van der Waals surface area contributed by atoms with Crippen LogP contribution in [0.15, 0.2) is 28.3 Å². The molecule has 2 aromatic rings. The van der Waals surface area contributed by atoms with Gasteiger partial charge in [-0.3, -0.25) is 14.4 Å². The Balaban J connectivity index is 1.19. The van der Waals surface area contributed by atoms with Crippen LogP contribution >= 0.6 is 0 Å². The second-order valence-electron chi connectivity index (χ2n) is 23.3. The third-order valence-corrected chi connectivity index (χ3v) is 16.9. The van der Waals surface area contributed by atoms with Crippen molar-refractivity contribution in [1.82, 2.24) is 14.8 Å². The zero-order chi connectivity index (χ0) is 57.1. The van der Waals surface area contributed by atoms with Gasteiger partial charge in [0.15, 0.2) is 18.7 Å². The van der Waals surface area contributed by atoms with Crippen LogP contribution in [0.25, 0.3) is 10.9 Å². The summed E-state index contributed by atoms with van der Waals surface area (Å²) in [6, 6.07) is 3.51. The summed E-state index contributed by atoms with van der Waals surface area (Å²) < 4.78 is 46.5. The van der Waals surface area contributed by atoms with Crippen LogP contribution in [-0.4, -0.2) is 182 Å². The third kappa shape index (κ3) is 13.7. The topological polar surface area (TPSA) is 287 Å². The van der Waals surface area contributed by atoms with Crippen LogP contribution in [0.2, 0.25) is 0 Å². The Morgan fingerprint density at radius 3 is 2.30 bits per heavy atom. The lowest BCUT2D eigenvalue weighted by atomic mass is 9.73. The minimum absolute atomic E-state index is 0.00903. The number of cyclic esters (lactones) is 1. The van der Waals surface area contributed by atoms with Gasteiger partial charge in [-0.25, -0.2) is 4.79 Å². The number of carbonyl (C=O) groups is 3. The molecule has 3 fully saturated rings. The molecule has 3 saturated heterocycles. The molecule has 0 spiro atoms. The number of likely N-dealkylation sites (N-methyl/N-ethyl adjacent to an activating group) is 1. The van der Waals surface area contributed by atoms with Crippen LogP contribution in [0.5, 0.6) is 0 Å². The fourth-order valence-corrected chi connectivity index (χ4v) is 12.6. The first-order chi connectivity index (χ1) is 36.1. The van der Waals surface area contributed by atoms with Gasteiger partial charge < -0.3 is 78.7 Å². The Bertz CT molecular complexity index is 2460. The molecule has 434 valence electrons. The lowest BCUT2D eigenvalue weighted by Crippen LogP contribution is -2.61. The molecule has 0 aliphatic carbocycles. The number of aromatic nitrogens is 1. The van der Waals surface area contributed by atoms with Gasteiger partial charge in [0.25, 0.3) is 0 Å². The summed E-state index contributed by atoms with van der Waals surface area (Å²) in [6.45, 7) is 18.1. The molecule has 4 aliphatic rings. The van der Waals surface area contributed by atoms with Crippen molar-refractivity contribution in [1.29, 1.82) is 0 Å². The van der Waals surface area contributed by atoms with Crippen LogP contribution in [0.3, 0.4) is 0 Å². The summed E-state index contributed by atoms with van der Waals surface area (Å²) in [7, 11) is 5.17. The maximum Gasteiger partial charge on any atom is 0.341 e. The number of aromatic carboxylic acids is 1. The lowest BCUT2D eigenvalue weighted by molar-refractivity contribution is -0.318. The first-order valence-electron chi connectivity index (χ1n) is 27.5. The van der Waals surface area contributed by atoms with Crippen molar-refractivity contribution in [2.45, 2.75) is 218 Å². The molecule has 0 radical (unpaired) electrons. The quantitative estimate of drug-likeness (QED) is 0.0537. The van der Waals surface area contributed by atoms with E-state index >= 15 is 0 Å². The highest BCUT2D eigenvalue weighted by Crippen LogP contribution is 2.42. The number of ether oxygens (including phenoxy) is 7. The van der Waals surface area contributed by atoms with Crippen LogP contribution in [-0.2, 0) is 62.1 Å². The predicted molar refractivity (Wildman–Crippen MR) is 284 cm³/mol. The number of carbonyl (C=O) groups excluding carboxylic acids is 2. The number of hydrogen-bond donors (Lipinski definition) is 7. The first kappa shape index (κ1) is 62.1. The Morgan fingerprint density at radius 2 is 1.66 bits per heavy atom. The normalized spacial score (nSPS) is 38.1. The van der Waals surface area contributed by atoms with E-state index in [-0.39, 0.29) is 49.1 Å². The van der Waals surface area contributed by atoms with E-state index in [0.717, 1.165) is 29.5 Å². The smallest absolute Gasteiger partial charge is 0.341 e. The number of rotatable bonds is 16. The molecule has 1 aromatic heterocycles. The Morgan fingerprint density at radius 1 is 0.961 bits per heavy atom. The van der Waals surface area contributed by atoms with Crippen molar-refractivity contribution < 1.29 is 78.3 Å². The largest absolute Gasteiger partial charge is 0.477 e. The van der Waals surface area contributed by atoms with Crippen LogP contribution < -0.4 is 10.7 Å². The molecule has 6 rings (SSSR count). The van der Waals surface area contributed by atoms with Gasteiger partial charge in [-0.15, -0.1) is 0 Å². The number of carboxylic acid groups (broad SMARTS) is 1. The average molecular weight is 1090 g/mol. The number of esters is 2. The molecule has 5 heterocycles. The molecule has 7 N–H and O–H groups in total. The number of aliphatic hydroxyl groups is 4. The molecule has 0 bridgehead atoms. The van der Waals surface area contributed by atoms with Crippen molar-refractivity contribution in [3.8, 4) is 0 Å². The number of nitrogens with one attached hydrogen (secondary N) is 1. The molecule has 1 unspecified atom stereocenters. The molecular formula is C56H88N4O17. The summed E-state index contributed by atoms with van der Waals surface area (Å²) in [5.74, 6) is -6.31. The van der Waals surface area contributed by atoms with E-state index in [1.165, 1.54) is 27.2 Å². The Labute approximate surface area is 452 Å². The zero-order valence-corrected chi connectivity index (χ0v) is 47.4. The van der Waals surface area contributed by atoms with Gasteiger partial charge in [-0.1, -0.05) is 38.9 Å². The van der Waals surface area contributed by atoms with Gasteiger partial charge in [-0.2, -0.15) is 0 Å². The maximum atomic E-state index is 14.5. The number of nitrogens with zero attached hydrogens (tertiary/aromatic N) is 3. The Kier molecular flexibility index (Phi) is 20.6. The minimum atomic E-state index is -2.03. The molecule has 18 atom stereocenters. The van der Waals surface area contributed by atoms with Gasteiger partial charge in [-0.05, 0) is 124 Å². The standard InChI is InChI=1S/C56H88N4O17/c1-14-40-56(10,69)48(64)31(4)43(58-70)29(2)26-54(8,68)49(77-53-46(63)39(59(11)12)23-30(3)72-53)32(5)47(33(6)52(67)74-40)76-42-27-55(9,71-13)50(34(7)73-42)75-41(61)19-21-57-20-15-17-35-24-36-18-16-22-60-28-38(51(65)66)45(62)37(25-35)44(36)60/h24-25,28-34,39-40,42,46-50,53,57,63-64,68-70H,14-23,26-27H2,1-13H3,(H,65,66)/b58-43+/t29-,30+,31+,32+,33+,34-,39-,40-,42?,46-,47+,48-,49-,50+,53-,54+,55-,56-/m0/s1. The van der Waals surface area contributed by atoms with E-state index in [9.17, 15) is 49.9 Å². The highest BCUT2D eigenvalue weighted by molar-refractivity contribution is 5.94. The van der Waals surface area contributed by atoms with E-state index < -0.39 is 119 Å². The van der Waals surface area contributed by atoms with E-state index in [1.807, 2.05) is 30.5 Å². The highest BCUT2D eigenvalue weighted by Gasteiger charge is 2.54. The minimum Gasteiger partial charge on any atom is -0.477 e. The van der Waals surface area contributed by atoms with Gasteiger partial charge in [0.05, 0.1) is 59.7 Å². The number of hydrogen-bond acceptors (Lipinski definition) is 19. The van der Waals surface area contributed by atoms with Crippen molar-refractivity contribution >= 4 is 34.5 Å². The van der Waals surface area contributed by atoms with Crippen LogP contribution in [0.4, 0.5) is 0 Å². The zero-order valence-electron chi connectivity index (χ0n) is 47.4. The number of benzene rings is 1. The SMILES string of the molecule is CC[C@@H]1OC(=O)[C@H](C)[C@H](OC2C[C@](C)(OC)[C@H](OC(=O)CCNCCCc3cc4c5c(c3)c(=O)c(C(=O)O)cn5CCC4)[C@H](C)O2)[C@@H](C)[C@H](O[C@@H]2O[C@H](C)C[C@H](N(C)C)[C@@H]2O)[C@](C)(O)C[C@H](C)/C(=N\O)[C@@H](C)[C@H](O)[C@@]1(C)O. The van der Waals surface area contributed by atoms with Crippen LogP contribution in [0.1, 0.15) is 136 Å². The second kappa shape index (κ2) is 25.5. The molecular weight excluding hydrogens is 1000 g/mol. The van der Waals surface area contributed by atoms with Crippen molar-refractivity contribution in [2.24, 2.45) is 28.8 Å². The molecule has 4 aliphatic heterocycles. The number of aliphatic hydroxyl groups excluding tert-OH is 2. The molecule has 21 heteroatoms. The third-order valence-electron chi connectivity index (χ3n) is 16.9. The fourth-order valence-electron chi connectivity index (χ4n) is 12.6. The number of methoxy groups -OCH3 is 1. The van der Waals surface area contributed by atoms with E-state index in [1.54, 1.807) is 54.5 Å². The molecule has 77 heavy (non-hydrogen) atoms. The summed E-state index contributed by atoms with van der Waals surface area (Å²) >= 11 is 0. The number of aryl methyl sites for hydroxylation is 3. The summed E-state index contributed by atoms with van der Waals surface area (Å²) in [5, 5.41) is 75.4. The van der Waals surface area contributed by atoms with Crippen molar-refractivity contribution in [2.75, 3.05) is 34.3 Å².